The van der Waals surface area contributed by atoms with E-state index in [0.717, 1.165) is 9.87 Å². The van der Waals surface area contributed by atoms with Gasteiger partial charge in [-0.15, -0.1) is 0 Å². The summed E-state index contributed by atoms with van der Waals surface area (Å²) in [4.78, 5) is 13.4. The van der Waals surface area contributed by atoms with E-state index in [1.54, 1.807) is 61.5 Å². The van der Waals surface area contributed by atoms with E-state index in [4.69, 9.17) is 9.47 Å². The molecule has 0 atom stereocenters. The molecule has 0 aliphatic carbocycles. The van der Waals surface area contributed by atoms with Gasteiger partial charge >= 0.3 is 0 Å². The zero-order chi connectivity index (χ0) is 24.7. The van der Waals surface area contributed by atoms with Gasteiger partial charge in [-0.1, -0.05) is 36.4 Å². The SMILES string of the molecule is CCOc1ccc(/C=C/C(=O)N(c2cc(C)ccc2C)S(=O)(=O)c2ccccc2)cc1OCC. The Balaban J connectivity index is 2.04. The molecule has 34 heavy (non-hydrogen) atoms. The summed E-state index contributed by atoms with van der Waals surface area (Å²) >= 11 is 0. The summed E-state index contributed by atoms with van der Waals surface area (Å²) < 4.78 is 39.2. The molecule has 0 heterocycles. The van der Waals surface area contributed by atoms with E-state index in [1.807, 2.05) is 26.8 Å². The van der Waals surface area contributed by atoms with E-state index in [9.17, 15) is 13.2 Å². The van der Waals surface area contributed by atoms with Crippen LogP contribution in [0.15, 0.2) is 77.7 Å². The van der Waals surface area contributed by atoms with Crippen LogP contribution in [0.4, 0.5) is 5.69 Å². The maximum Gasteiger partial charge on any atom is 0.271 e. The Morgan fingerprint density at radius 2 is 1.56 bits per heavy atom. The Morgan fingerprint density at radius 3 is 2.24 bits per heavy atom. The lowest BCUT2D eigenvalue weighted by Crippen LogP contribution is -2.36. The average Bonchev–Trinajstić information content (AvgIpc) is 2.82. The van der Waals surface area contributed by atoms with Crippen LogP contribution in [0.5, 0.6) is 11.5 Å². The molecule has 0 N–H and O–H groups in total. The van der Waals surface area contributed by atoms with Gasteiger partial charge in [0.05, 0.1) is 23.8 Å². The van der Waals surface area contributed by atoms with E-state index in [1.165, 1.54) is 18.2 Å². The summed E-state index contributed by atoms with van der Waals surface area (Å²) in [6.45, 7) is 8.35. The molecule has 0 aliphatic heterocycles. The lowest BCUT2D eigenvalue weighted by atomic mass is 10.1. The van der Waals surface area contributed by atoms with E-state index < -0.39 is 15.9 Å². The van der Waals surface area contributed by atoms with Crippen LogP contribution < -0.4 is 13.8 Å². The van der Waals surface area contributed by atoms with E-state index in [0.29, 0.717) is 41.5 Å². The highest BCUT2D eigenvalue weighted by Gasteiger charge is 2.30. The monoisotopic (exact) mass is 479 g/mol. The van der Waals surface area contributed by atoms with Crippen molar-refractivity contribution < 1.29 is 22.7 Å². The first-order valence-corrected chi connectivity index (χ1v) is 12.5. The quantitative estimate of drug-likeness (QED) is 0.377. The van der Waals surface area contributed by atoms with Gasteiger partial charge in [0.25, 0.3) is 15.9 Å². The van der Waals surface area contributed by atoms with Crippen LogP contribution in [-0.4, -0.2) is 27.5 Å². The van der Waals surface area contributed by atoms with Gasteiger partial charge in [0.2, 0.25) is 0 Å². The van der Waals surface area contributed by atoms with Crippen molar-refractivity contribution in [1.82, 2.24) is 0 Å². The Bertz CT molecular complexity index is 1280. The van der Waals surface area contributed by atoms with E-state index in [2.05, 4.69) is 0 Å². The summed E-state index contributed by atoms with van der Waals surface area (Å²) in [5, 5.41) is 0. The fourth-order valence-electron chi connectivity index (χ4n) is 3.41. The van der Waals surface area contributed by atoms with Crippen LogP contribution in [0.1, 0.15) is 30.5 Å². The minimum absolute atomic E-state index is 0.0392. The third kappa shape index (κ3) is 5.66. The van der Waals surface area contributed by atoms with Crippen LogP contribution in [0.25, 0.3) is 6.08 Å². The highest BCUT2D eigenvalue weighted by atomic mass is 32.2. The molecule has 7 heteroatoms. The smallest absolute Gasteiger partial charge is 0.271 e. The second-order valence-electron chi connectivity index (χ2n) is 7.62. The van der Waals surface area contributed by atoms with Gasteiger partial charge in [-0.3, -0.25) is 4.79 Å². The molecule has 0 aliphatic rings. The fraction of sp³-hybridized carbons (Fsp3) is 0.222. The van der Waals surface area contributed by atoms with Crippen molar-refractivity contribution in [3.05, 3.63) is 89.5 Å². The van der Waals surface area contributed by atoms with Crippen molar-refractivity contribution in [2.45, 2.75) is 32.6 Å². The largest absolute Gasteiger partial charge is 0.490 e. The summed E-state index contributed by atoms with van der Waals surface area (Å²) in [7, 11) is -4.14. The Kier molecular flexibility index (Phi) is 8.12. The maximum absolute atomic E-state index is 13.5. The molecule has 6 nitrogen and oxygen atoms in total. The summed E-state index contributed by atoms with van der Waals surface area (Å²) in [6.07, 6.45) is 2.83. The zero-order valence-electron chi connectivity index (χ0n) is 19.8. The molecule has 3 aromatic carbocycles. The number of aryl methyl sites for hydroxylation is 2. The molecule has 3 rings (SSSR count). The number of rotatable bonds is 9. The molecule has 0 aromatic heterocycles. The molecule has 1 amide bonds. The number of carbonyl (C=O) groups is 1. The molecule has 0 unspecified atom stereocenters. The van der Waals surface area contributed by atoms with Gasteiger partial charge < -0.3 is 9.47 Å². The first kappa shape index (κ1) is 25.1. The first-order valence-electron chi connectivity index (χ1n) is 11.1. The topological polar surface area (TPSA) is 72.9 Å². The van der Waals surface area contributed by atoms with Gasteiger partial charge in [-0.05, 0) is 80.8 Å². The number of hydrogen-bond acceptors (Lipinski definition) is 5. The van der Waals surface area contributed by atoms with Crippen molar-refractivity contribution >= 4 is 27.7 Å². The molecular weight excluding hydrogens is 450 g/mol. The number of benzene rings is 3. The van der Waals surface area contributed by atoms with Crippen LogP contribution in [-0.2, 0) is 14.8 Å². The maximum atomic E-state index is 13.5. The molecule has 0 saturated heterocycles. The highest BCUT2D eigenvalue weighted by molar-refractivity contribution is 7.93. The fourth-order valence-corrected chi connectivity index (χ4v) is 4.87. The van der Waals surface area contributed by atoms with Crippen LogP contribution in [0.3, 0.4) is 0 Å². The molecule has 0 bridgehead atoms. The molecule has 0 fully saturated rings. The third-order valence-electron chi connectivity index (χ3n) is 5.05. The van der Waals surface area contributed by atoms with Gasteiger partial charge in [0.1, 0.15) is 0 Å². The highest BCUT2D eigenvalue weighted by Crippen LogP contribution is 2.30. The Morgan fingerprint density at radius 1 is 0.882 bits per heavy atom. The number of carbonyl (C=O) groups excluding carboxylic acids is 1. The predicted molar refractivity (Wildman–Crippen MR) is 135 cm³/mol. The van der Waals surface area contributed by atoms with E-state index >= 15 is 0 Å². The molecule has 178 valence electrons. The first-order chi connectivity index (χ1) is 16.3. The number of anilines is 1. The zero-order valence-corrected chi connectivity index (χ0v) is 20.6. The van der Waals surface area contributed by atoms with Crippen molar-refractivity contribution in [2.24, 2.45) is 0 Å². The number of nitrogens with zero attached hydrogens (tertiary/aromatic N) is 1. The molecular formula is C27H29NO5S. The molecule has 3 aromatic rings. The lowest BCUT2D eigenvalue weighted by molar-refractivity contribution is -0.113. The van der Waals surface area contributed by atoms with Crippen molar-refractivity contribution in [3.8, 4) is 11.5 Å². The van der Waals surface area contributed by atoms with Gasteiger partial charge in [0.15, 0.2) is 11.5 Å². The standard InChI is InChI=1S/C27H29NO5S/c1-5-32-25-16-14-22(19-26(25)33-6-2)15-17-27(29)28(24-18-20(3)12-13-21(24)4)34(30,31)23-10-8-7-9-11-23/h7-19H,5-6H2,1-4H3/b17-15+. The Labute approximate surface area is 201 Å². The summed E-state index contributed by atoms with van der Waals surface area (Å²) in [5.74, 6) is 0.489. The second kappa shape index (κ2) is 11.0. The van der Waals surface area contributed by atoms with Crippen LogP contribution in [0, 0.1) is 13.8 Å². The summed E-state index contributed by atoms with van der Waals surface area (Å²) in [5.41, 5.74) is 2.52. The predicted octanol–water partition coefficient (Wildman–Crippen LogP) is 5.54. The number of ether oxygens (including phenoxy) is 2. The van der Waals surface area contributed by atoms with Crippen molar-refractivity contribution in [3.63, 3.8) is 0 Å². The molecule has 0 spiro atoms. The van der Waals surface area contributed by atoms with E-state index in [-0.39, 0.29) is 4.90 Å². The van der Waals surface area contributed by atoms with Gasteiger partial charge in [-0.25, -0.2) is 8.42 Å². The normalized spacial score (nSPS) is 11.4. The van der Waals surface area contributed by atoms with Gasteiger partial charge in [0, 0.05) is 6.08 Å². The summed E-state index contributed by atoms with van der Waals surface area (Å²) in [6, 6.07) is 18.6. The average molecular weight is 480 g/mol. The molecule has 0 radical (unpaired) electrons. The van der Waals surface area contributed by atoms with Gasteiger partial charge in [-0.2, -0.15) is 4.31 Å². The Hall–Kier alpha value is -3.58. The van der Waals surface area contributed by atoms with Crippen LogP contribution in [0.2, 0.25) is 0 Å². The van der Waals surface area contributed by atoms with Crippen LogP contribution >= 0.6 is 0 Å². The number of amides is 1. The lowest BCUT2D eigenvalue weighted by Gasteiger charge is -2.23. The van der Waals surface area contributed by atoms with Crippen molar-refractivity contribution in [1.29, 1.82) is 0 Å². The second-order valence-corrected chi connectivity index (χ2v) is 9.40. The number of sulfonamides is 1. The third-order valence-corrected chi connectivity index (χ3v) is 6.78. The van der Waals surface area contributed by atoms with Crippen molar-refractivity contribution in [2.75, 3.05) is 17.5 Å². The molecule has 0 saturated carbocycles. The number of hydrogen-bond donors (Lipinski definition) is 0. The minimum Gasteiger partial charge on any atom is -0.490 e. The minimum atomic E-state index is -4.14.